The summed E-state index contributed by atoms with van der Waals surface area (Å²) >= 11 is 0. The monoisotopic (exact) mass is 716 g/mol. The Bertz CT molecular complexity index is 1700. The molecule has 0 heterocycles. The van der Waals surface area contributed by atoms with Gasteiger partial charge in [0, 0.05) is 0 Å². The van der Waals surface area contributed by atoms with Crippen LogP contribution in [0, 0.1) is 0 Å². The summed E-state index contributed by atoms with van der Waals surface area (Å²) in [5.41, 5.74) is 0.0485. The van der Waals surface area contributed by atoms with E-state index >= 15 is 0 Å². The topological polar surface area (TPSA) is 183 Å². The summed E-state index contributed by atoms with van der Waals surface area (Å²) in [6.07, 6.45) is -11.4. The van der Waals surface area contributed by atoms with Gasteiger partial charge in [-0.25, -0.2) is 19.2 Å². The first-order valence-electron chi connectivity index (χ1n) is 15.8. The molecule has 0 radical (unpaired) electrons. The summed E-state index contributed by atoms with van der Waals surface area (Å²) in [7, 11) is 5.78. The third-order valence-corrected chi connectivity index (χ3v) is 8.27. The molecule has 0 saturated heterocycles. The van der Waals surface area contributed by atoms with Crippen molar-refractivity contribution >= 4 is 23.9 Å². The number of rotatable bonds is 12. The highest BCUT2D eigenvalue weighted by molar-refractivity contribution is 5.92. The number of aliphatic hydroxyl groups excluding tert-OH is 2. The molecule has 0 amide bonds. The minimum absolute atomic E-state index is 0.00801. The molecule has 52 heavy (non-hydrogen) atoms. The van der Waals surface area contributed by atoms with E-state index in [1.807, 2.05) is 0 Å². The number of benzene rings is 4. The molecule has 0 spiro atoms. The second-order valence-electron chi connectivity index (χ2n) is 11.4. The highest BCUT2D eigenvalue weighted by Gasteiger charge is 2.57. The Labute approximate surface area is 298 Å². The maximum Gasteiger partial charge on any atom is 0.338 e. The summed E-state index contributed by atoms with van der Waals surface area (Å²) in [5.74, 6) is -2.19. The molecule has 1 aliphatic carbocycles. The fraction of sp³-hybridized carbons (Fsp3) is 0.263. The molecule has 6 atom stereocenters. The average Bonchev–Trinajstić information content (AvgIpc) is 3.19. The van der Waals surface area contributed by atoms with Crippen LogP contribution in [0.3, 0.4) is 0 Å². The van der Waals surface area contributed by atoms with Gasteiger partial charge in [0.15, 0.2) is 24.4 Å². The van der Waals surface area contributed by atoms with E-state index in [1.54, 1.807) is 0 Å². The molecule has 14 nitrogen and oxygen atoms in total. The van der Waals surface area contributed by atoms with Crippen molar-refractivity contribution < 1.29 is 67.3 Å². The fourth-order valence-electron chi connectivity index (χ4n) is 5.37. The van der Waals surface area contributed by atoms with Gasteiger partial charge in [0.1, 0.15) is 35.2 Å². The van der Waals surface area contributed by atoms with Crippen LogP contribution < -0.4 is 18.9 Å². The third kappa shape index (κ3) is 8.42. The molecular formula is C38H36O14. The molecular weight excluding hydrogens is 680 g/mol. The summed E-state index contributed by atoms with van der Waals surface area (Å²) in [4.78, 5) is 54.1. The largest absolute Gasteiger partial charge is 0.497 e. The molecule has 14 heteroatoms. The van der Waals surface area contributed by atoms with Crippen molar-refractivity contribution in [3.8, 4) is 23.0 Å². The van der Waals surface area contributed by atoms with Crippen LogP contribution in [0.15, 0.2) is 97.1 Å². The lowest BCUT2D eigenvalue weighted by Crippen LogP contribution is -2.67. The summed E-state index contributed by atoms with van der Waals surface area (Å²) < 4.78 is 43.6. The summed E-state index contributed by atoms with van der Waals surface area (Å²) in [6, 6.07) is 23.1. The first-order chi connectivity index (χ1) is 25.1. The van der Waals surface area contributed by atoms with Crippen molar-refractivity contribution in [3.63, 3.8) is 0 Å². The van der Waals surface area contributed by atoms with Crippen LogP contribution in [-0.4, -0.2) is 99.2 Å². The second kappa shape index (κ2) is 16.7. The van der Waals surface area contributed by atoms with Crippen LogP contribution >= 0.6 is 0 Å². The molecule has 4 aromatic carbocycles. The van der Waals surface area contributed by atoms with Gasteiger partial charge in [-0.05, 0) is 97.1 Å². The van der Waals surface area contributed by atoms with E-state index in [9.17, 15) is 29.4 Å². The first-order valence-corrected chi connectivity index (χ1v) is 15.8. The number of hydrogen-bond donors (Lipinski definition) is 2. The predicted octanol–water partition coefficient (Wildman–Crippen LogP) is 3.66. The van der Waals surface area contributed by atoms with E-state index < -0.39 is 60.5 Å². The Hall–Kier alpha value is -6.12. The fourth-order valence-corrected chi connectivity index (χ4v) is 5.37. The van der Waals surface area contributed by atoms with Gasteiger partial charge in [-0.2, -0.15) is 0 Å². The zero-order chi connectivity index (χ0) is 37.4. The van der Waals surface area contributed by atoms with Crippen LogP contribution in [0.2, 0.25) is 0 Å². The second-order valence-corrected chi connectivity index (χ2v) is 11.4. The Morgan fingerprint density at radius 1 is 0.365 bits per heavy atom. The van der Waals surface area contributed by atoms with Gasteiger partial charge in [-0.3, -0.25) is 0 Å². The van der Waals surface area contributed by atoms with E-state index in [0.717, 1.165) is 0 Å². The van der Waals surface area contributed by atoms with Crippen LogP contribution in [0.25, 0.3) is 0 Å². The average molecular weight is 717 g/mol. The van der Waals surface area contributed by atoms with E-state index in [0.29, 0.717) is 23.0 Å². The van der Waals surface area contributed by atoms with Gasteiger partial charge < -0.3 is 48.1 Å². The molecule has 0 aromatic heterocycles. The minimum Gasteiger partial charge on any atom is -0.497 e. The van der Waals surface area contributed by atoms with Crippen LogP contribution in [-0.2, 0) is 18.9 Å². The van der Waals surface area contributed by atoms with E-state index in [-0.39, 0.29) is 22.3 Å². The molecule has 1 fully saturated rings. The van der Waals surface area contributed by atoms with Gasteiger partial charge in [-0.15, -0.1) is 0 Å². The smallest absolute Gasteiger partial charge is 0.338 e. The van der Waals surface area contributed by atoms with Gasteiger partial charge in [-0.1, -0.05) is 0 Å². The number of esters is 4. The number of ether oxygens (including phenoxy) is 8. The van der Waals surface area contributed by atoms with Crippen LogP contribution in [0.5, 0.6) is 23.0 Å². The number of carbonyl (C=O) groups is 4. The third-order valence-electron chi connectivity index (χ3n) is 8.27. The maximum atomic E-state index is 13.6. The lowest BCUT2D eigenvalue weighted by molar-refractivity contribution is -0.223. The quantitative estimate of drug-likeness (QED) is 0.160. The van der Waals surface area contributed by atoms with Gasteiger partial charge in [0.05, 0.1) is 50.7 Å². The van der Waals surface area contributed by atoms with Crippen molar-refractivity contribution in [3.05, 3.63) is 119 Å². The zero-order valence-corrected chi connectivity index (χ0v) is 28.5. The van der Waals surface area contributed by atoms with Gasteiger partial charge in [0.25, 0.3) is 0 Å². The molecule has 0 aliphatic heterocycles. The molecule has 0 unspecified atom stereocenters. The highest BCUT2D eigenvalue weighted by atomic mass is 16.6. The normalized spacial score (nSPS) is 20.8. The zero-order valence-electron chi connectivity index (χ0n) is 28.5. The van der Waals surface area contributed by atoms with Crippen molar-refractivity contribution in [2.45, 2.75) is 36.6 Å². The Morgan fingerprint density at radius 2 is 0.558 bits per heavy atom. The number of aliphatic hydroxyl groups is 2. The van der Waals surface area contributed by atoms with E-state index in [2.05, 4.69) is 0 Å². The maximum absolute atomic E-state index is 13.6. The minimum atomic E-state index is -2.03. The number of carbonyl (C=O) groups excluding carboxylic acids is 4. The van der Waals surface area contributed by atoms with Gasteiger partial charge in [0.2, 0.25) is 0 Å². The molecule has 1 aliphatic rings. The Kier molecular flexibility index (Phi) is 11.9. The highest BCUT2D eigenvalue weighted by Crippen LogP contribution is 2.33. The molecule has 5 rings (SSSR count). The van der Waals surface area contributed by atoms with Crippen molar-refractivity contribution in [1.29, 1.82) is 0 Å². The SMILES string of the molecule is COc1ccc(C(=O)O[C@@H]2[C@H](OC(=O)c3ccc(OC)cc3)[C@@H](OC(=O)c3ccc(OC)cc3)[C@H](O)[C@H](O)[C@H]2OC(=O)c2ccc(OC)cc2)cc1. The van der Waals surface area contributed by atoms with Gasteiger partial charge >= 0.3 is 23.9 Å². The summed E-state index contributed by atoms with van der Waals surface area (Å²) in [6.45, 7) is 0. The van der Waals surface area contributed by atoms with Crippen LogP contribution in [0.1, 0.15) is 41.4 Å². The Balaban J connectivity index is 1.55. The molecule has 0 bridgehead atoms. The predicted molar refractivity (Wildman–Crippen MR) is 181 cm³/mol. The van der Waals surface area contributed by atoms with E-state index in [1.165, 1.54) is 126 Å². The molecule has 2 N–H and O–H groups in total. The standard InChI is InChI=1S/C38H36O14/c1-45-25-13-5-21(6-14-25)35(41)49-31-29(39)30(40)32(50-36(42)22-7-15-26(46-2)16-8-22)34(52-38(44)24-11-19-28(48-4)20-12-24)33(31)51-37(43)23-9-17-27(47-3)18-10-23/h5-20,29-34,39-40H,1-4H3/t29-,30+,31+,32-,33-,34+. The number of hydrogen-bond acceptors (Lipinski definition) is 14. The summed E-state index contributed by atoms with van der Waals surface area (Å²) in [5, 5.41) is 22.9. The lowest BCUT2D eigenvalue weighted by Gasteiger charge is -2.45. The molecule has 4 aromatic rings. The van der Waals surface area contributed by atoms with Crippen molar-refractivity contribution in [2.75, 3.05) is 28.4 Å². The molecule has 272 valence electrons. The first kappa shape index (κ1) is 37.1. The van der Waals surface area contributed by atoms with E-state index in [4.69, 9.17) is 37.9 Å². The van der Waals surface area contributed by atoms with Crippen molar-refractivity contribution in [2.24, 2.45) is 0 Å². The Morgan fingerprint density at radius 3 is 0.750 bits per heavy atom. The van der Waals surface area contributed by atoms with Crippen molar-refractivity contribution in [1.82, 2.24) is 0 Å². The number of methoxy groups -OCH3 is 4. The molecule has 1 saturated carbocycles. The van der Waals surface area contributed by atoms with Crippen LogP contribution in [0.4, 0.5) is 0 Å². The lowest BCUT2D eigenvalue weighted by atomic mass is 9.84.